The number of carbonyl (C=O) groups excluding carboxylic acids is 2. The van der Waals surface area contributed by atoms with Crippen LogP contribution in [0, 0.1) is 29.1 Å². The quantitative estimate of drug-likeness (QED) is 0.457. The standard InChI is InChI=1S/C29H39ClN2O4S/c30-24-9-4-5-10-25(24)37(35,36)32-29(11-6-12-29)26(33)15-23-20-13-19-14-21(23)18-28(16-19,17-20)27(34)31-22-7-2-1-3-8-22/h4-5,9-10,19-23,32H,1-3,6-8,11-18H2,(H,31,34). The van der Waals surface area contributed by atoms with Gasteiger partial charge in [-0.25, -0.2) is 8.42 Å². The number of amides is 1. The van der Waals surface area contributed by atoms with E-state index in [0.29, 0.717) is 43.1 Å². The van der Waals surface area contributed by atoms with Gasteiger partial charge in [-0.1, -0.05) is 43.0 Å². The molecule has 2 unspecified atom stereocenters. The van der Waals surface area contributed by atoms with Gasteiger partial charge in [-0.15, -0.1) is 0 Å². The van der Waals surface area contributed by atoms with Crippen molar-refractivity contribution in [2.24, 2.45) is 29.1 Å². The monoisotopic (exact) mass is 546 g/mol. The maximum atomic E-state index is 13.8. The maximum absolute atomic E-state index is 13.8. The minimum Gasteiger partial charge on any atom is -0.353 e. The van der Waals surface area contributed by atoms with Crippen molar-refractivity contribution in [1.29, 1.82) is 0 Å². The van der Waals surface area contributed by atoms with E-state index in [2.05, 4.69) is 10.0 Å². The van der Waals surface area contributed by atoms with Crippen LogP contribution in [0.4, 0.5) is 0 Å². The number of benzene rings is 1. The third-order valence-corrected chi connectivity index (χ3v) is 12.5. The molecule has 6 aliphatic rings. The first-order valence-corrected chi connectivity index (χ1v) is 16.2. The Labute approximate surface area is 225 Å². The molecule has 202 valence electrons. The number of halogens is 1. The number of hydrogen-bond donors (Lipinski definition) is 2. The Bertz CT molecular complexity index is 1160. The van der Waals surface area contributed by atoms with Crippen molar-refractivity contribution >= 4 is 33.3 Å². The van der Waals surface area contributed by atoms with Gasteiger partial charge in [0, 0.05) is 17.9 Å². The van der Waals surface area contributed by atoms with Gasteiger partial charge >= 0.3 is 0 Å². The van der Waals surface area contributed by atoms with E-state index >= 15 is 0 Å². The van der Waals surface area contributed by atoms with E-state index in [1.165, 1.54) is 25.3 Å². The molecule has 37 heavy (non-hydrogen) atoms. The molecule has 6 nitrogen and oxygen atoms in total. The van der Waals surface area contributed by atoms with E-state index in [4.69, 9.17) is 11.6 Å². The minimum atomic E-state index is -3.91. The minimum absolute atomic E-state index is 0.0209. The molecule has 7 rings (SSSR count). The molecule has 0 spiro atoms. The fourth-order valence-corrected chi connectivity index (χ4v) is 10.6. The Kier molecular flexibility index (Phi) is 6.72. The van der Waals surface area contributed by atoms with Crippen LogP contribution in [0.1, 0.15) is 89.9 Å². The van der Waals surface area contributed by atoms with E-state index in [1.54, 1.807) is 18.2 Å². The van der Waals surface area contributed by atoms with Crippen molar-refractivity contribution in [3.05, 3.63) is 29.3 Å². The molecule has 2 N–H and O–H groups in total. The zero-order chi connectivity index (χ0) is 25.8. The highest BCUT2D eigenvalue weighted by molar-refractivity contribution is 7.89. The van der Waals surface area contributed by atoms with Gasteiger partial charge in [-0.2, -0.15) is 4.72 Å². The zero-order valence-electron chi connectivity index (χ0n) is 21.5. The topological polar surface area (TPSA) is 92.3 Å². The molecule has 0 aliphatic heterocycles. The second-order valence-electron chi connectivity index (χ2n) is 12.8. The van der Waals surface area contributed by atoms with E-state index in [0.717, 1.165) is 51.4 Å². The van der Waals surface area contributed by atoms with Crippen LogP contribution in [-0.4, -0.2) is 31.7 Å². The summed E-state index contributed by atoms with van der Waals surface area (Å²) >= 11 is 6.18. The van der Waals surface area contributed by atoms with Crippen LogP contribution in [-0.2, 0) is 19.6 Å². The summed E-state index contributed by atoms with van der Waals surface area (Å²) in [7, 11) is -3.91. The van der Waals surface area contributed by atoms with E-state index in [9.17, 15) is 18.0 Å². The van der Waals surface area contributed by atoms with Crippen molar-refractivity contribution in [1.82, 2.24) is 10.0 Å². The third-order valence-electron chi connectivity index (χ3n) is 10.5. The SMILES string of the molecule is O=C(NC1CCCCC1)C12CC3CC(C1)C(CC(=O)C1(NS(=O)(=O)c4ccccc4Cl)CCC1)C(C3)C2. The predicted octanol–water partition coefficient (Wildman–Crippen LogP) is 5.39. The summed E-state index contributed by atoms with van der Waals surface area (Å²) in [6.07, 6.45) is 13.2. The van der Waals surface area contributed by atoms with Crippen LogP contribution in [0.25, 0.3) is 0 Å². The van der Waals surface area contributed by atoms with Crippen LogP contribution in [0.3, 0.4) is 0 Å². The smallest absolute Gasteiger partial charge is 0.242 e. The van der Waals surface area contributed by atoms with Gasteiger partial charge in [0.15, 0.2) is 5.78 Å². The molecule has 1 aromatic carbocycles. The van der Waals surface area contributed by atoms with Crippen LogP contribution in [0.5, 0.6) is 0 Å². The van der Waals surface area contributed by atoms with Gasteiger partial charge in [-0.3, -0.25) is 9.59 Å². The predicted molar refractivity (Wildman–Crippen MR) is 142 cm³/mol. The van der Waals surface area contributed by atoms with Gasteiger partial charge < -0.3 is 5.32 Å². The highest BCUT2D eigenvalue weighted by atomic mass is 35.5. The largest absolute Gasteiger partial charge is 0.353 e. The molecule has 0 radical (unpaired) electrons. The van der Waals surface area contributed by atoms with E-state index in [-0.39, 0.29) is 32.9 Å². The Balaban J connectivity index is 1.15. The molecule has 0 saturated heterocycles. The lowest BCUT2D eigenvalue weighted by atomic mass is 9.45. The number of rotatable bonds is 8. The first kappa shape index (κ1) is 25.8. The summed E-state index contributed by atoms with van der Waals surface area (Å²) in [5, 5.41) is 3.59. The molecule has 0 aromatic heterocycles. The van der Waals surface area contributed by atoms with Crippen molar-refractivity contribution in [2.75, 3.05) is 0 Å². The average Bonchev–Trinajstić information content (AvgIpc) is 2.84. The fourth-order valence-electron chi connectivity index (χ4n) is 8.68. The van der Waals surface area contributed by atoms with Gasteiger partial charge in [0.1, 0.15) is 4.90 Å². The Hall–Kier alpha value is -1.44. The normalized spacial score (nSPS) is 34.6. The lowest BCUT2D eigenvalue weighted by Crippen LogP contribution is -2.61. The molecular weight excluding hydrogens is 508 g/mol. The number of nitrogens with one attached hydrogen (secondary N) is 2. The first-order valence-electron chi connectivity index (χ1n) is 14.3. The number of Topliss-reactive ketones (excluding diaryl/α,β-unsaturated/α-hetero) is 1. The summed E-state index contributed by atoms with van der Waals surface area (Å²) in [6.45, 7) is 0. The molecule has 6 saturated carbocycles. The Morgan fingerprint density at radius 1 is 0.946 bits per heavy atom. The summed E-state index contributed by atoms with van der Waals surface area (Å²) in [5.41, 5.74) is -1.28. The van der Waals surface area contributed by atoms with Gasteiger partial charge in [0.25, 0.3) is 0 Å². The van der Waals surface area contributed by atoms with Crippen molar-refractivity contribution in [3.63, 3.8) is 0 Å². The average molecular weight is 547 g/mol. The molecule has 2 atom stereocenters. The highest BCUT2D eigenvalue weighted by Gasteiger charge is 2.59. The van der Waals surface area contributed by atoms with Crippen molar-refractivity contribution < 1.29 is 18.0 Å². The van der Waals surface area contributed by atoms with Crippen LogP contribution in [0.2, 0.25) is 5.02 Å². The van der Waals surface area contributed by atoms with Gasteiger partial charge in [-0.05, 0) is 100 Å². The molecule has 6 aliphatic carbocycles. The van der Waals surface area contributed by atoms with Crippen LogP contribution in [0.15, 0.2) is 29.2 Å². The lowest BCUT2D eigenvalue weighted by molar-refractivity contribution is -0.156. The van der Waals surface area contributed by atoms with E-state index in [1.807, 2.05) is 0 Å². The Morgan fingerprint density at radius 3 is 2.24 bits per heavy atom. The molecule has 1 amide bonds. The third kappa shape index (κ3) is 4.67. The van der Waals surface area contributed by atoms with Gasteiger partial charge in [0.2, 0.25) is 15.9 Å². The Morgan fingerprint density at radius 2 is 1.62 bits per heavy atom. The lowest BCUT2D eigenvalue weighted by Gasteiger charge is -2.59. The maximum Gasteiger partial charge on any atom is 0.242 e. The molecular formula is C29H39ClN2O4S. The zero-order valence-corrected chi connectivity index (χ0v) is 23.1. The number of ketones is 1. The van der Waals surface area contributed by atoms with Crippen molar-refractivity contribution in [2.45, 2.75) is 106 Å². The first-order chi connectivity index (χ1) is 17.7. The summed E-state index contributed by atoms with van der Waals surface area (Å²) in [5.74, 6) is 1.88. The van der Waals surface area contributed by atoms with Gasteiger partial charge in [0.05, 0.1) is 10.6 Å². The fraction of sp³-hybridized carbons (Fsp3) is 0.724. The number of hydrogen-bond acceptors (Lipinski definition) is 4. The van der Waals surface area contributed by atoms with E-state index < -0.39 is 15.6 Å². The molecule has 6 fully saturated rings. The molecule has 1 aromatic rings. The number of carbonyl (C=O) groups is 2. The van der Waals surface area contributed by atoms with Crippen molar-refractivity contribution in [3.8, 4) is 0 Å². The number of sulfonamides is 1. The summed E-state index contributed by atoms with van der Waals surface area (Å²) in [4.78, 5) is 27.4. The summed E-state index contributed by atoms with van der Waals surface area (Å²) < 4.78 is 29.2. The molecule has 4 bridgehead atoms. The van der Waals surface area contributed by atoms with Crippen LogP contribution < -0.4 is 10.0 Å². The second-order valence-corrected chi connectivity index (χ2v) is 14.9. The highest BCUT2D eigenvalue weighted by Crippen LogP contribution is 2.63. The van der Waals surface area contributed by atoms with Crippen LogP contribution >= 0.6 is 11.6 Å². The molecule has 0 heterocycles. The molecule has 8 heteroatoms. The second kappa shape index (κ2) is 9.63. The summed E-state index contributed by atoms with van der Waals surface area (Å²) in [6, 6.07) is 6.71.